The lowest BCUT2D eigenvalue weighted by atomic mass is 9.66. The maximum Gasteiger partial charge on any atom is 0.0508 e. The molecule has 1 heteroatoms. The topological polar surface area (TPSA) is 3.24 Å². The zero-order valence-electron chi connectivity index (χ0n) is 27.2. The maximum atomic E-state index is 2.47. The van der Waals surface area contributed by atoms with Gasteiger partial charge in [0.25, 0.3) is 0 Å². The predicted molar refractivity (Wildman–Crippen MR) is 205 cm³/mol. The van der Waals surface area contributed by atoms with Crippen molar-refractivity contribution in [2.24, 2.45) is 0 Å². The molecule has 1 aliphatic rings. The Morgan fingerprint density at radius 2 is 1.02 bits per heavy atom. The van der Waals surface area contributed by atoms with Crippen molar-refractivity contribution in [1.82, 2.24) is 0 Å². The Hall–Kier alpha value is -5.92. The van der Waals surface area contributed by atoms with Crippen molar-refractivity contribution in [1.29, 1.82) is 0 Å². The molecule has 48 heavy (non-hydrogen) atoms. The zero-order valence-corrected chi connectivity index (χ0v) is 27.2. The average Bonchev–Trinajstić information content (AvgIpc) is 3.14. The molecule has 0 spiro atoms. The van der Waals surface area contributed by atoms with Crippen molar-refractivity contribution >= 4 is 38.6 Å². The van der Waals surface area contributed by atoms with E-state index in [-0.39, 0.29) is 5.41 Å². The summed E-state index contributed by atoms with van der Waals surface area (Å²) in [4.78, 5) is 2.47. The van der Waals surface area contributed by atoms with Gasteiger partial charge in [0, 0.05) is 16.8 Å². The van der Waals surface area contributed by atoms with Gasteiger partial charge in [-0.1, -0.05) is 159 Å². The molecule has 0 bridgehead atoms. The van der Waals surface area contributed by atoms with Gasteiger partial charge in [0.05, 0.1) is 5.69 Å². The highest BCUT2D eigenvalue weighted by molar-refractivity contribution is 6.10. The molecule has 0 aromatic heterocycles. The van der Waals surface area contributed by atoms with Gasteiger partial charge in [0.2, 0.25) is 0 Å². The first-order valence-electron chi connectivity index (χ1n) is 16.8. The molecule has 0 atom stereocenters. The van der Waals surface area contributed by atoms with Crippen LogP contribution in [0.5, 0.6) is 0 Å². The summed E-state index contributed by atoms with van der Waals surface area (Å²) in [7, 11) is 0. The molecule has 1 aliphatic carbocycles. The summed E-state index contributed by atoms with van der Waals surface area (Å²) in [6.07, 6.45) is 0. The lowest BCUT2D eigenvalue weighted by Gasteiger charge is -2.40. The van der Waals surface area contributed by atoms with Gasteiger partial charge in [-0.25, -0.2) is 0 Å². The minimum Gasteiger partial charge on any atom is -0.310 e. The van der Waals surface area contributed by atoms with Gasteiger partial charge in [0.1, 0.15) is 0 Å². The monoisotopic (exact) mass is 613 g/mol. The number of hydrogen-bond acceptors (Lipinski definition) is 1. The first-order chi connectivity index (χ1) is 23.6. The van der Waals surface area contributed by atoms with Gasteiger partial charge >= 0.3 is 0 Å². The number of benzene rings is 8. The first kappa shape index (κ1) is 28.3. The molecule has 8 aromatic rings. The van der Waals surface area contributed by atoms with Crippen LogP contribution in [0.3, 0.4) is 0 Å². The fraction of sp³-hybridized carbons (Fsp3) is 0.0638. The Morgan fingerprint density at radius 3 is 1.79 bits per heavy atom. The molecule has 0 aliphatic heterocycles. The van der Waals surface area contributed by atoms with Crippen LogP contribution in [0.15, 0.2) is 176 Å². The van der Waals surface area contributed by atoms with Crippen LogP contribution in [0.2, 0.25) is 0 Å². The third-order valence-electron chi connectivity index (χ3n) is 10.2. The molecule has 0 N–H and O–H groups in total. The summed E-state index contributed by atoms with van der Waals surface area (Å²) in [6, 6.07) is 64.4. The molecule has 0 fully saturated rings. The van der Waals surface area contributed by atoms with E-state index in [4.69, 9.17) is 0 Å². The van der Waals surface area contributed by atoms with Gasteiger partial charge in [-0.3, -0.25) is 0 Å². The van der Waals surface area contributed by atoms with E-state index in [2.05, 4.69) is 195 Å². The normalized spacial score (nSPS) is 13.0. The quantitative estimate of drug-likeness (QED) is 0.187. The average molecular weight is 614 g/mol. The van der Waals surface area contributed by atoms with Crippen LogP contribution in [-0.4, -0.2) is 0 Å². The van der Waals surface area contributed by atoms with Crippen molar-refractivity contribution < 1.29 is 0 Å². The molecule has 0 amide bonds. The van der Waals surface area contributed by atoms with E-state index in [1.807, 2.05) is 0 Å². The lowest BCUT2D eigenvalue weighted by molar-refractivity contribution is 0.646. The lowest BCUT2D eigenvalue weighted by Crippen LogP contribution is -2.27. The maximum absolute atomic E-state index is 2.47. The highest BCUT2D eigenvalue weighted by Gasteiger charge is 2.38. The summed E-state index contributed by atoms with van der Waals surface area (Å²) in [5, 5.41) is 5.11. The van der Waals surface area contributed by atoms with Crippen LogP contribution in [0, 0.1) is 0 Å². The fourth-order valence-electron chi connectivity index (χ4n) is 7.94. The molecule has 0 unspecified atom stereocenters. The van der Waals surface area contributed by atoms with Crippen molar-refractivity contribution in [2.45, 2.75) is 19.3 Å². The predicted octanol–water partition coefficient (Wildman–Crippen LogP) is 13.1. The summed E-state index contributed by atoms with van der Waals surface area (Å²) in [5.41, 5.74) is 13.5. The Kier molecular flexibility index (Phi) is 6.55. The van der Waals surface area contributed by atoms with Gasteiger partial charge < -0.3 is 4.90 Å². The molecule has 0 saturated carbocycles. The highest BCUT2D eigenvalue weighted by Crippen LogP contribution is 2.55. The fourth-order valence-corrected chi connectivity index (χ4v) is 7.94. The van der Waals surface area contributed by atoms with Gasteiger partial charge in [-0.05, 0) is 96.4 Å². The van der Waals surface area contributed by atoms with Crippen LogP contribution in [-0.2, 0) is 5.41 Å². The Morgan fingerprint density at radius 1 is 0.417 bits per heavy atom. The molecule has 0 radical (unpaired) electrons. The van der Waals surface area contributed by atoms with E-state index in [1.165, 1.54) is 71.7 Å². The number of anilines is 3. The second-order valence-electron chi connectivity index (χ2n) is 13.4. The van der Waals surface area contributed by atoms with E-state index in [9.17, 15) is 0 Å². The standard InChI is InChI=1S/C47H35N/c1-47(2)42-21-11-19-36-26-30-40(35-16-7-4-8-17-35)45(44(36)42)41-20-12-22-43(46(41)47)48(39-29-25-33-15-9-10-18-37(33)31-39)38-27-23-34(24-28-38)32-13-5-3-6-14-32/h3-31H,1-2H3. The Balaban J connectivity index is 1.33. The van der Waals surface area contributed by atoms with Crippen LogP contribution in [0.1, 0.15) is 25.0 Å². The highest BCUT2D eigenvalue weighted by atomic mass is 15.1. The molecular weight excluding hydrogens is 579 g/mol. The zero-order chi connectivity index (χ0) is 32.2. The van der Waals surface area contributed by atoms with Gasteiger partial charge in [-0.15, -0.1) is 0 Å². The van der Waals surface area contributed by atoms with Crippen molar-refractivity contribution in [3.63, 3.8) is 0 Å². The van der Waals surface area contributed by atoms with E-state index >= 15 is 0 Å². The minimum absolute atomic E-state index is 0.257. The molecule has 9 rings (SSSR count). The van der Waals surface area contributed by atoms with E-state index in [0.29, 0.717) is 0 Å². The minimum atomic E-state index is -0.257. The van der Waals surface area contributed by atoms with Crippen molar-refractivity contribution in [3.05, 3.63) is 187 Å². The molecule has 228 valence electrons. The van der Waals surface area contributed by atoms with E-state index < -0.39 is 0 Å². The first-order valence-corrected chi connectivity index (χ1v) is 16.8. The Bertz CT molecular complexity index is 2460. The number of rotatable bonds is 5. The molecule has 0 heterocycles. The summed E-state index contributed by atoms with van der Waals surface area (Å²) >= 11 is 0. The third-order valence-corrected chi connectivity index (χ3v) is 10.2. The molecule has 8 aromatic carbocycles. The second-order valence-corrected chi connectivity index (χ2v) is 13.4. The van der Waals surface area contributed by atoms with Crippen LogP contribution in [0.25, 0.3) is 54.9 Å². The summed E-state index contributed by atoms with van der Waals surface area (Å²) in [5.74, 6) is 0. The van der Waals surface area contributed by atoms with Crippen molar-refractivity contribution in [3.8, 4) is 33.4 Å². The summed E-state index contributed by atoms with van der Waals surface area (Å²) < 4.78 is 0. The largest absolute Gasteiger partial charge is 0.310 e. The van der Waals surface area contributed by atoms with E-state index in [0.717, 1.165) is 11.4 Å². The molecule has 1 nitrogen and oxygen atoms in total. The van der Waals surface area contributed by atoms with Crippen molar-refractivity contribution in [2.75, 3.05) is 4.90 Å². The van der Waals surface area contributed by atoms with E-state index in [1.54, 1.807) is 0 Å². The Labute approximate surface area is 282 Å². The molecule has 0 saturated heterocycles. The van der Waals surface area contributed by atoms with Gasteiger partial charge in [-0.2, -0.15) is 0 Å². The smallest absolute Gasteiger partial charge is 0.0508 e. The van der Waals surface area contributed by atoms with Gasteiger partial charge in [0.15, 0.2) is 0 Å². The SMILES string of the molecule is CC1(C)c2c(cccc2N(c2ccc(-c3ccccc3)cc2)c2ccc3ccccc3c2)-c2c(-c3ccccc3)ccc3cccc1c23. The van der Waals surface area contributed by atoms with Crippen LogP contribution < -0.4 is 4.90 Å². The second kappa shape index (κ2) is 11.1. The molecular formula is C47H35N. The summed E-state index contributed by atoms with van der Waals surface area (Å²) in [6.45, 7) is 4.80. The van der Waals surface area contributed by atoms with Crippen LogP contribution in [0.4, 0.5) is 17.1 Å². The number of fused-ring (bicyclic) bond motifs is 3. The number of nitrogens with zero attached hydrogens (tertiary/aromatic N) is 1. The van der Waals surface area contributed by atoms with Crippen LogP contribution >= 0.6 is 0 Å². The third kappa shape index (κ3) is 4.47. The number of hydrogen-bond donors (Lipinski definition) is 0.